The molecule has 230 valence electrons. The molecular weight excluding hydrogens is 539 g/mol. The predicted molar refractivity (Wildman–Crippen MR) is 196 cm³/mol. The number of hydrogen-bond acceptors (Lipinski definition) is 3. The Bertz CT molecular complexity index is 1470. The molecule has 3 nitrogen and oxygen atoms in total. The highest BCUT2D eigenvalue weighted by Crippen LogP contribution is 2.48. The van der Waals surface area contributed by atoms with Crippen molar-refractivity contribution in [2.75, 3.05) is 57.0 Å². The van der Waals surface area contributed by atoms with E-state index in [0.29, 0.717) is 5.54 Å². The van der Waals surface area contributed by atoms with Crippen LogP contribution < -0.4 is 30.3 Å². The van der Waals surface area contributed by atoms with E-state index in [0.717, 1.165) is 0 Å². The van der Waals surface area contributed by atoms with E-state index >= 15 is 0 Å². The van der Waals surface area contributed by atoms with Crippen molar-refractivity contribution in [1.82, 2.24) is 0 Å². The molecule has 0 radical (unpaired) electrons. The predicted octanol–water partition coefficient (Wildman–Crippen LogP) is 7.26. The van der Waals surface area contributed by atoms with Crippen molar-refractivity contribution in [3.63, 3.8) is 0 Å². The lowest BCUT2D eigenvalue weighted by Gasteiger charge is -2.45. The van der Waals surface area contributed by atoms with Gasteiger partial charge in [0, 0.05) is 64.9 Å². The molecule has 3 aromatic carbocycles. The molecule has 0 heterocycles. The Balaban J connectivity index is 2.42. The maximum absolute atomic E-state index is 2.83. The summed E-state index contributed by atoms with van der Waals surface area (Å²) in [5, 5.41) is 4.59. The van der Waals surface area contributed by atoms with Crippen LogP contribution in [0.3, 0.4) is 0 Å². The lowest BCUT2D eigenvalue weighted by atomic mass is 10.1. The van der Waals surface area contributed by atoms with Crippen molar-refractivity contribution in [3.8, 4) is 0 Å². The summed E-state index contributed by atoms with van der Waals surface area (Å²) in [7, 11) is 10.3. The molecule has 0 amide bonds. The molecule has 4 rings (SSSR count). The van der Waals surface area contributed by atoms with Gasteiger partial charge in [0.25, 0.3) is 0 Å². The van der Waals surface area contributed by atoms with E-state index in [2.05, 4.69) is 163 Å². The van der Waals surface area contributed by atoms with Gasteiger partial charge in [0.1, 0.15) is 0 Å². The van der Waals surface area contributed by atoms with Gasteiger partial charge < -0.3 is 14.7 Å². The highest BCUT2D eigenvalue weighted by molar-refractivity contribution is 7.14. The van der Waals surface area contributed by atoms with Crippen molar-refractivity contribution in [3.05, 3.63) is 92.1 Å². The number of hydrogen-bond donors (Lipinski definition) is 0. The first-order valence-corrected chi connectivity index (χ1v) is 17.8. The van der Waals surface area contributed by atoms with E-state index < -0.39 is 8.07 Å². The van der Waals surface area contributed by atoms with Gasteiger partial charge in [-0.25, -0.2) is 0 Å². The average Bonchev–Trinajstić information content (AvgIpc) is 3.09. The third-order valence-corrected chi connectivity index (χ3v) is 16.3. The standard InChI is InChI=1S/C39H55N3Si/c1-23-17-26(4)36(20-33(23)40(11)12)43(39-31(9)29(7)30(8)32(39)10,37-21-34(41(13)14)24(2)18-27(37)5)38-22-35(42(15)16)25(3)19-28(38)6/h17-22,39H,1-16H3. The first-order valence-electron chi connectivity index (χ1n) is 15.7. The Hall–Kier alpha value is -3.24. The summed E-state index contributed by atoms with van der Waals surface area (Å²) in [5.74, 6) is 0. The van der Waals surface area contributed by atoms with Crippen LogP contribution in [0.2, 0.25) is 5.54 Å². The lowest BCUT2D eigenvalue weighted by Crippen LogP contribution is -2.72. The monoisotopic (exact) mass is 593 g/mol. The van der Waals surface area contributed by atoms with E-state index in [1.54, 1.807) is 0 Å². The molecule has 4 heteroatoms. The second-order valence-corrected chi connectivity index (χ2v) is 17.7. The fourth-order valence-corrected chi connectivity index (χ4v) is 14.9. The number of anilines is 3. The lowest BCUT2D eigenvalue weighted by molar-refractivity contribution is 1.08. The smallest absolute Gasteiger partial charge is 0.160 e. The Kier molecular flexibility index (Phi) is 8.88. The third kappa shape index (κ3) is 5.16. The van der Waals surface area contributed by atoms with Crippen molar-refractivity contribution in [2.45, 2.75) is 74.8 Å². The van der Waals surface area contributed by atoms with Crippen LogP contribution in [0.4, 0.5) is 17.1 Å². The molecule has 0 fully saturated rings. The molecule has 0 aliphatic heterocycles. The SMILES string of the molecule is CC1=C(C)C([Si](c2cc(N(C)C)c(C)cc2C)(c2cc(N(C)C)c(C)cc2C)c2cc(N(C)C)c(C)cc2C)C(C)=C1C. The Labute approximate surface area is 263 Å². The van der Waals surface area contributed by atoms with E-state index in [1.807, 2.05) is 0 Å². The average molecular weight is 594 g/mol. The fraction of sp³-hybridized carbons (Fsp3) is 0.436. The van der Waals surface area contributed by atoms with Crippen LogP contribution in [0.1, 0.15) is 61.1 Å². The molecule has 0 saturated heterocycles. The van der Waals surface area contributed by atoms with Gasteiger partial charge >= 0.3 is 0 Å². The first kappa shape index (κ1) is 32.7. The van der Waals surface area contributed by atoms with Crippen LogP contribution in [0.5, 0.6) is 0 Å². The Morgan fingerprint density at radius 2 is 0.651 bits per heavy atom. The summed E-state index contributed by atoms with van der Waals surface area (Å²) in [4.78, 5) is 6.90. The molecule has 0 atom stereocenters. The summed E-state index contributed by atoms with van der Waals surface area (Å²) in [6.07, 6.45) is 0. The minimum Gasteiger partial charge on any atom is -0.377 e. The number of allylic oxidation sites excluding steroid dienone is 4. The van der Waals surface area contributed by atoms with Crippen LogP contribution in [0, 0.1) is 41.5 Å². The molecule has 0 spiro atoms. The largest absolute Gasteiger partial charge is 0.377 e. The minimum atomic E-state index is -2.83. The molecule has 43 heavy (non-hydrogen) atoms. The van der Waals surface area contributed by atoms with E-state index in [1.165, 1.54) is 88.3 Å². The van der Waals surface area contributed by atoms with Gasteiger partial charge in [-0.15, -0.1) is 0 Å². The maximum atomic E-state index is 2.57. The van der Waals surface area contributed by atoms with Crippen LogP contribution in [0.25, 0.3) is 0 Å². The zero-order chi connectivity index (χ0) is 32.3. The molecule has 0 N–H and O–H groups in total. The van der Waals surface area contributed by atoms with E-state index in [9.17, 15) is 0 Å². The minimum absolute atomic E-state index is 0.316. The zero-order valence-electron chi connectivity index (χ0n) is 29.9. The van der Waals surface area contributed by atoms with Crippen molar-refractivity contribution in [2.24, 2.45) is 0 Å². The van der Waals surface area contributed by atoms with Crippen LogP contribution in [-0.4, -0.2) is 50.4 Å². The fourth-order valence-electron chi connectivity index (χ4n) is 8.14. The van der Waals surface area contributed by atoms with Crippen LogP contribution >= 0.6 is 0 Å². The quantitative estimate of drug-likeness (QED) is 0.211. The number of benzene rings is 3. The second-order valence-electron chi connectivity index (χ2n) is 13.9. The summed E-state index contributed by atoms with van der Waals surface area (Å²) >= 11 is 0. The molecule has 0 bridgehead atoms. The molecule has 1 aliphatic rings. The second kappa shape index (κ2) is 11.7. The summed E-state index contributed by atoms with van der Waals surface area (Å²) in [6.45, 7) is 23.4. The van der Waals surface area contributed by atoms with Gasteiger partial charge in [-0.05, 0) is 131 Å². The van der Waals surface area contributed by atoms with Crippen LogP contribution in [-0.2, 0) is 0 Å². The topological polar surface area (TPSA) is 9.72 Å². The van der Waals surface area contributed by atoms with Crippen molar-refractivity contribution in [1.29, 1.82) is 0 Å². The van der Waals surface area contributed by atoms with Gasteiger partial charge in [-0.2, -0.15) is 0 Å². The summed E-state index contributed by atoms with van der Waals surface area (Å²) in [6, 6.07) is 15.1. The Morgan fingerprint density at radius 3 is 0.884 bits per heavy atom. The molecule has 0 unspecified atom stereocenters. The highest BCUT2D eigenvalue weighted by atomic mass is 28.3. The molecule has 3 aromatic rings. The molecule has 1 aliphatic carbocycles. The molecular formula is C39H55N3Si. The van der Waals surface area contributed by atoms with Gasteiger partial charge in [0.15, 0.2) is 8.07 Å². The van der Waals surface area contributed by atoms with Gasteiger partial charge in [0.05, 0.1) is 0 Å². The molecule has 0 saturated carbocycles. The van der Waals surface area contributed by atoms with E-state index in [-0.39, 0.29) is 0 Å². The van der Waals surface area contributed by atoms with Crippen molar-refractivity contribution >= 4 is 40.7 Å². The first-order chi connectivity index (χ1) is 20.0. The molecule has 0 aromatic heterocycles. The summed E-state index contributed by atoms with van der Waals surface area (Å²) < 4.78 is 0. The highest BCUT2D eigenvalue weighted by Gasteiger charge is 2.52. The third-order valence-electron chi connectivity index (χ3n) is 10.4. The number of aryl methyl sites for hydroxylation is 6. The number of rotatable bonds is 7. The normalized spacial score (nSPS) is 14.2. The van der Waals surface area contributed by atoms with Gasteiger partial charge in [-0.1, -0.05) is 46.0 Å². The van der Waals surface area contributed by atoms with Crippen LogP contribution in [0.15, 0.2) is 58.7 Å². The van der Waals surface area contributed by atoms with E-state index in [4.69, 9.17) is 0 Å². The zero-order valence-corrected chi connectivity index (χ0v) is 30.9. The maximum Gasteiger partial charge on any atom is 0.160 e. The number of nitrogens with zero attached hydrogens (tertiary/aromatic N) is 3. The van der Waals surface area contributed by atoms with Gasteiger partial charge in [0.2, 0.25) is 0 Å². The Morgan fingerprint density at radius 1 is 0.395 bits per heavy atom. The van der Waals surface area contributed by atoms with Crippen molar-refractivity contribution < 1.29 is 0 Å². The van der Waals surface area contributed by atoms with Gasteiger partial charge in [-0.3, -0.25) is 0 Å². The summed E-state index contributed by atoms with van der Waals surface area (Å²) in [5.41, 5.74) is 18.4.